The zero-order chi connectivity index (χ0) is 20.2. The predicted molar refractivity (Wildman–Crippen MR) is 96.2 cm³/mol. The summed E-state index contributed by atoms with van der Waals surface area (Å²) in [6.45, 7) is 0.371. The molecule has 2 aromatic rings. The first-order chi connectivity index (χ1) is 12.5. The van der Waals surface area contributed by atoms with Crippen molar-refractivity contribution in [3.8, 4) is 5.75 Å². The van der Waals surface area contributed by atoms with Crippen LogP contribution in [0.15, 0.2) is 53.4 Å². The number of ether oxygens (including phenoxy) is 1. The molecule has 2 rings (SSSR count). The van der Waals surface area contributed by atoms with Gasteiger partial charge in [-0.25, -0.2) is 13.1 Å². The molecule has 0 bridgehead atoms. The highest BCUT2D eigenvalue weighted by Gasteiger charge is 2.31. The van der Waals surface area contributed by atoms with E-state index in [2.05, 4.69) is 9.46 Å². The van der Waals surface area contributed by atoms with E-state index in [1.165, 1.54) is 0 Å². The van der Waals surface area contributed by atoms with Gasteiger partial charge in [-0.1, -0.05) is 23.7 Å². The minimum atomic E-state index is -4.84. The van der Waals surface area contributed by atoms with Crippen molar-refractivity contribution in [3.05, 3.63) is 59.1 Å². The van der Waals surface area contributed by atoms with Gasteiger partial charge in [0.2, 0.25) is 10.0 Å². The highest BCUT2D eigenvalue weighted by molar-refractivity contribution is 7.89. The Kier molecular flexibility index (Phi) is 6.74. The zero-order valence-electron chi connectivity index (χ0n) is 14.5. The SMILES string of the molecule is CN(C)C[C@@H](NS(=O)(=O)c1ccc(OC(F)(F)F)cc1)c1ccc(Cl)cc1. The van der Waals surface area contributed by atoms with Gasteiger partial charge in [0.15, 0.2) is 0 Å². The van der Waals surface area contributed by atoms with Crippen molar-refractivity contribution in [2.24, 2.45) is 0 Å². The van der Waals surface area contributed by atoms with Crippen LogP contribution in [0, 0.1) is 0 Å². The number of halogens is 4. The van der Waals surface area contributed by atoms with Gasteiger partial charge in [0.05, 0.1) is 10.9 Å². The smallest absolute Gasteiger partial charge is 0.406 e. The molecule has 0 aromatic heterocycles. The first-order valence-electron chi connectivity index (χ1n) is 7.74. The summed E-state index contributed by atoms with van der Waals surface area (Å²) in [5.41, 5.74) is 0.702. The maximum atomic E-state index is 12.6. The van der Waals surface area contributed by atoms with E-state index in [0.717, 1.165) is 24.3 Å². The second-order valence-electron chi connectivity index (χ2n) is 6.01. The Morgan fingerprint density at radius 3 is 2.11 bits per heavy atom. The van der Waals surface area contributed by atoms with Crippen LogP contribution >= 0.6 is 11.6 Å². The molecular weight excluding hydrogens is 405 g/mol. The van der Waals surface area contributed by atoms with Gasteiger partial charge in [-0.15, -0.1) is 13.2 Å². The molecule has 27 heavy (non-hydrogen) atoms. The number of hydrogen-bond donors (Lipinski definition) is 1. The summed E-state index contributed by atoms with van der Waals surface area (Å²) in [5, 5.41) is 0.519. The molecule has 10 heteroatoms. The lowest BCUT2D eigenvalue weighted by atomic mass is 10.1. The number of hydrogen-bond acceptors (Lipinski definition) is 4. The summed E-state index contributed by atoms with van der Waals surface area (Å²) in [6, 6.07) is 10.1. The molecule has 0 unspecified atom stereocenters. The molecule has 0 amide bonds. The quantitative estimate of drug-likeness (QED) is 0.737. The summed E-state index contributed by atoms with van der Waals surface area (Å²) in [6.07, 6.45) is -4.84. The summed E-state index contributed by atoms with van der Waals surface area (Å²) in [5.74, 6) is -0.496. The third kappa shape index (κ3) is 6.69. The van der Waals surface area contributed by atoms with E-state index in [4.69, 9.17) is 11.6 Å². The Morgan fingerprint density at radius 2 is 1.63 bits per heavy atom. The van der Waals surface area contributed by atoms with Crippen LogP contribution in [0.4, 0.5) is 13.2 Å². The van der Waals surface area contributed by atoms with Crippen molar-refractivity contribution in [2.45, 2.75) is 17.3 Å². The number of nitrogens with zero attached hydrogens (tertiary/aromatic N) is 1. The van der Waals surface area contributed by atoms with Gasteiger partial charge in [0, 0.05) is 11.6 Å². The highest BCUT2D eigenvalue weighted by atomic mass is 35.5. The molecule has 1 N–H and O–H groups in total. The summed E-state index contributed by atoms with van der Waals surface area (Å²) < 4.78 is 68.3. The fraction of sp³-hybridized carbons (Fsp3) is 0.294. The van der Waals surface area contributed by atoms with Crippen LogP contribution in [0.3, 0.4) is 0 Å². The monoisotopic (exact) mass is 422 g/mol. The highest BCUT2D eigenvalue weighted by Crippen LogP contribution is 2.25. The van der Waals surface area contributed by atoms with Crippen LogP contribution in [-0.2, 0) is 10.0 Å². The van der Waals surface area contributed by atoms with E-state index in [-0.39, 0.29) is 4.90 Å². The van der Waals surface area contributed by atoms with Gasteiger partial charge >= 0.3 is 6.36 Å². The topological polar surface area (TPSA) is 58.6 Å². The lowest BCUT2D eigenvalue weighted by molar-refractivity contribution is -0.274. The summed E-state index contributed by atoms with van der Waals surface area (Å²) in [4.78, 5) is 1.64. The number of rotatable bonds is 7. The number of nitrogens with one attached hydrogen (secondary N) is 1. The molecule has 0 aliphatic rings. The molecule has 0 spiro atoms. The number of alkyl halides is 3. The lowest BCUT2D eigenvalue weighted by Crippen LogP contribution is -2.35. The molecule has 1 atom stereocenters. The predicted octanol–water partition coefficient (Wildman–Crippen LogP) is 3.82. The van der Waals surface area contributed by atoms with Gasteiger partial charge in [-0.3, -0.25) is 0 Å². The minimum Gasteiger partial charge on any atom is -0.406 e. The van der Waals surface area contributed by atoms with Crippen molar-refractivity contribution in [1.29, 1.82) is 0 Å². The second-order valence-corrected chi connectivity index (χ2v) is 8.16. The lowest BCUT2D eigenvalue weighted by Gasteiger charge is -2.23. The van der Waals surface area contributed by atoms with E-state index in [1.807, 2.05) is 4.90 Å². The van der Waals surface area contributed by atoms with Crippen LogP contribution < -0.4 is 9.46 Å². The van der Waals surface area contributed by atoms with Crippen LogP contribution in [0.25, 0.3) is 0 Å². The molecule has 0 heterocycles. The molecule has 0 saturated heterocycles. The van der Waals surface area contributed by atoms with E-state index >= 15 is 0 Å². The molecule has 0 saturated carbocycles. The Bertz CT molecular complexity index is 854. The molecule has 5 nitrogen and oxygen atoms in total. The molecule has 0 aliphatic carbocycles. The Morgan fingerprint density at radius 1 is 1.07 bits per heavy atom. The van der Waals surface area contributed by atoms with E-state index in [1.54, 1.807) is 38.4 Å². The first kappa shape index (κ1) is 21.5. The Balaban J connectivity index is 2.23. The molecule has 0 radical (unpaired) electrons. The standard InChI is InChI=1S/C17H18ClF3N2O3S/c1-23(2)11-16(12-3-5-13(18)6-4-12)22-27(24,25)15-9-7-14(8-10-15)26-17(19,20)21/h3-10,16,22H,11H2,1-2H3/t16-/m1/s1. The number of likely N-dealkylation sites (N-methyl/N-ethyl adjacent to an activating group) is 1. The summed E-state index contributed by atoms with van der Waals surface area (Å²) in [7, 11) is -0.386. The number of sulfonamides is 1. The maximum absolute atomic E-state index is 12.6. The van der Waals surface area contributed by atoms with Gasteiger partial charge < -0.3 is 9.64 Å². The van der Waals surface area contributed by atoms with Crippen molar-refractivity contribution in [2.75, 3.05) is 20.6 Å². The Labute approximate surface area is 160 Å². The minimum absolute atomic E-state index is 0.172. The van der Waals surface area contributed by atoms with E-state index in [9.17, 15) is 21.6 Å². The average molecular weight is 423 g/mol. The fourth-order valence-corrected chi connectivity index (χ4v) is 3.69. The third-order valence-corrected chi connectivity index (χ3v) is 5.22. The zero-order valence-corrected chi connectivity index (χ0v) is 16.1. The van der Waals surface area contributed by atoms with E-state index < -0.39 is 28.2 Å². The largest absolute Gasteiger partial charge is 0.573 e. The van der Waals surface area contributed by atoms with Crippen molar-refractivity contribution >= 4 is 21.6 Å². The van der Waals surface area contributed by atoms with Gasteiger partial charge in [-0.2, -0.15) is 0 Å². The fourth-order valence-electron chi connectivity index (χ4n) is 2.35. The Hall–Kier alpha value is -1.81. The number of benzene rings is 2. The van der Waals surface area contributed by atoms with Crippen molar-refractivity contribution < 1.29 is 26.3 Å². The normalized spacial score (nSPS) is 13.6. The molecule has 2 aromatic carbocycles. The van der Waals surface area contributed by atoms with Crippen LogP contribution in [0.1, 0.15) is 11.6 Å². The van der Waals surface area contributed by atoms with Gasteiger partial charge in [-0.05, 0) is 56.1 Å². The molecular formula is C17H18ClF3N2O3S. The second kappa shape index (κ2) is 8.47. The molecule has 0 aliphatic heterocycles. The van der Waals surface area contributed by atoms with Crippen LogP contribution in [0.2, 0.25) is 5.02 Å². The van der Waals surface area contributed by atoms with Gasteiger partial charge in [0.25, 0.3) is 0 Å². The van der Waals surface area contributed by atoms with Crippen LogP contribution in [-0.4, -0.2) is 40.3 Å². The van der Waals surface area contributed by atoms with Gasteiger partial charge in [0.1, 0.15) is 5.75 Å². The first-order valence-corrected chi connectivity index (χ1v) is 9.61. The molecule has 0 fully saturated rings. The summed E-state index contributed by atoms with van der Waals surface area (Å²) >= 11 is 5.87. The third-order valence-electron chi connectivity index (χ3n) is 3.49. The average Bonchev–Trinajstić information content (AvgIpc) is 2.53. The molecule has 148 valence electrons. The van der Waals surface area contributed by atoms with Crippen LogP contribution in [0.5, 0.6) is 5.75 Å². The van der Waals surface area contributed by atoms with Crippen molar-refractivity contribution in [1.82, 2.24) is 9.62 Å². The van der Waals surface area contributed by atoms with Crippen molar-refractivity contribution in [3.63, 3.8) is 0 Å². The maximum Gasteiger partial charge on any atom is 0.573 e. The van der Waals surface area contributed by atoms with E-state index in [0.29, 0.717) is 17.1 Å².